The molecule has 7 nitrogen and oxygen atoms in total. The molecular formula is C35H28F3N5O2S. The van der Waals surface area contributed by atoms with E-state index in [-0.39, 0.29) is 28.0 Å². The second-order valence-electron chi connectivity index (χ2n) is 11.2. The second-order valence-corrected chi connectivity index (χ2v) is 13.0. The summed E-state index contributed by atoms with van der Waals surface area (Å²) in [5.41, 5.74) is 2.06. The summed E-state index contributed by atoms with van der Waals surface area (Å²) < 4.78 is 71.7. The number of rotatable bonds is 7. The van der Waals surface area contributed by atoms with Crippen LogP contribution >= 0.6 is 0 Å². The molecule has 46 heavy (non-hydrogen) atoms. The average Bonchev–Trinajstić information content (AvgIpc) is 3.46. The molecule has 0 bridgehead atoms. The van der Waals surface area contributed by atoms with Gasteiger partial charge in [0.2, 0.25) is 5.95 Å². The smallest absolute Gasteiger partial charge is 0.346 e. The minimum Gasteiger partial charge on any atom is -0.346 e. The zero-order valence-corrected chi connectivity index (χ0v) is 25.2. The van der Waals surface area contributed by atoms with E-state index in [0.29, 0.717) is 18.5 Å². The summed E-state index contributed by atoms with van der Waals surface area (Å²) in [7, 11) is -4.13. The monoisotopic (exact) mass is 639 g/mol. The quantitative estimate of drug-likeness (QED) is 0.195. The number of hydrogen-bond acceptors (Lipinski definition) is 6. The van der Waals surface area contributed by atoms with Crippen molar-refractivity contribution in [2.75, 3.05) is 11.9 Å². The number of nitrogens with zero attached hydrogens (tertiary/aromatic N) is 4. The molecule has 0 amide bonds. The fourth-order valence-corrected chi connectivity index (χ4v) is 7.42. The minimum atomic E-state index is -4.79. The second kappa shape index (κ2) is 11.7. The molecule has 232 valence electrons. The molecule has 1 N–H and O–H groups in total. The molecule has 1 atom stereocenters. The number of aromatic nitrogens is 3. The lowest BCUT2D eigenvalue weighted by molar-refractivity contribution is -0.137. The number of hydrogen-bond donors (Lipinski definition) is 1. The highest BCUT2D eigenvalue weighted by molar-refractivity contribution is 7.90. The molecule has 0 saturated heterocycles. The van der Waals surface area contributed by atoms with Crippen LogP contribution in [0.2, 0.25) is 0 Å². The Hall–Kier alpha value is -5.00. The summed E-state index contributed by atoms with van der Waals surface area (Å²) in [5, 5.41) is 3.61. The van der Waals surface area contributed by atoms with Crippen molar-refractivity contribution < 1.29 is 21.6 Å². The Balaban J connectivity index is 1.31. The number of alkyl halides is 3. The first-order chi connectivity index (χ1) is 22.2. The number of para-hydroxylation sites is 1. The Labute approximate surface area is 264 Å². The van der Waals surface area contributed by atoms with Crippen molar-refractivity contribution in [3.63, 3.8) is 0 Å². The van der Waals surface area contributed by atoms with E-state index in [2.05, 4.69) is 32.3 Å². The Bertz CT molecular complexity index is 2140. The maximum Gasteiger partial charge on any atom is 0.419 e. The predicted octanol–water partition coefficient (Wildman–Crippen LogP) is 7.52. The van der Waals surface area contributed by atoms with E-state index in [9.17, 15) is 21.6 Å². The van der Waals surface area contributed by atoms with Crippen molar-refractivity contribution in [2.45, 2.75) is 30.2 Å². The number of fused-ring (bicyclic) bond motifs is 2. The maximum absolute atomic E-state index is 14.5. The van der Waals surface area contributed by atoms with Gasteiger partial charge in [-0.3, -0.25) is 4.90 Å². The standard InChI is InChI=1S/C35H28F3N5O2S/c36-35(37,38)30-19-39-34(40-31-23-42(20-24-11-3-1-4-12-24)21-25-13-7-8-16-27(25)31)41-33(30)29-22-43(32-18-10-9-17-28(29)32)46(44,45)26-14-5-2-6-15-26/h1-19,22,31H,20-21,23H2,(H,39,40,41). The molecule has 4 aromatic carbocycles. The van der Waals surface area contributed by atoms with Gasteiger partial charge in [0.1, 0.15) is 5.56 Å². The molecule has 1 aliphatic rings. The largest absolute Gasteiger partial charge is 0.419 e. The van der Waals surface area contributed by atoms with Gasteiger partial charge in [0.05, 0.1) is 22.1 Å². The van der Waals surface area contributed by atoms with Crippen LogP contribution in [0.1, 0.15) is 28.3 Å². The lowest BCUT2D eigenvalue weighted by atomic mass is 9.95. The summed E-state index contributed by atoms with van der Waals surface area (Å²) in [4.78, 5) is 10.8. The summed E-state index contributed by atoms with van der Waals surface area (Å²) in [6.07, 6.45) is -2.82. The lowest BCUT2D eigenvalue weighted by Crippen LogP contribution is -2.36. The topological polar surface area (TPSA) is 80.1 Å². The van der Waals surface area contributed by atoms with Crippen LogP contribution in [0.15, 0.2) is 126 Å². The fourth-order valence-electron chi connectivity index (χ4n) is 6.03. The third kappa shape index (κ3) is 5.63. The van der Waals surface area contributed by atoms with Crippen molar-refractivity contribution in [2.24, 2.45) is 0 Å². The van der Waals surface area contributed by atoms with Gasteiger partial charge in [-0.2, -0.15) is 13.2 Å². The van der Waals surface area contributed by atoms with Gasteiger partial charge < -0.3 is 5.32 Å². The molecular weight excluding hydrogens is 611 g/mol. The molecule has 7 rings (SSSR count). The van der Waals surface area contributed by atoms with Crippen molar-refractivity contribution in [1.82, 2.24) is 18.8 Å². The maximum atomic E-state index is 14.5. The third-order valence-corrected chi connectivity index (χ3v) is 9.83. The fraction of sp³-hybridized carbons (Fsp3) is 0.143. The van der Waals surface area contributed by atoms with Crippen molar-refractivity contribution in [3.05, 3.63) is 144 Å². The first kappa shape index (κ1) is 29.7. The number of anilines is 1. The zero-order chi connectivity index (χ0) is 31.9. The molecule has 0 fully saturated rings. The van der Waals surface area contributed by atoms with E-state index in [1.54, 1.807) is 42.5 Å². The van der Waals surface area contributed by atoms with Gasteiger partial charge in [0.15, 0.2) is 0 Å². The number of nitrogens with one attached hydrogen (secondary N) is 1. The normalized spacial score (nSPS) is 15.5. The molecule has 11 heteroatoms. The van der Waals surface area contributed by atoms with Gasteiger partial charge in [-0.15, -0.1) is 0 Å². The highest BCUT2D eigenvalue weighted by Gasteiger charge is 2.37. The molecule has 0 saturated carbocycles. The number of benzene rings is 4. The van der Waals surface area contributed by atoms with E-state index in [1.807, 2.05) is 42.5 Å². The van der Waals surface area contributed by atoms with E-state index < -0.39 is 27.5 Å². The van der Waals surface area contributed by atoms with E-state index >= 15 is 0 Å². The van der Waals surface area contributed by atoms with Crippen LogP contribution in [-0.2, 0) is 29.3 Å². The molecule has 1 aliphatic heterocycles. The van der Waals surface area contributed by atoms with Crippen molar-refractivity contribution in [3.8, 4) is 11.3 Å². The molecule has 3 heterocycles. The van der Waals surface area contributed by atoms with E-state index in [4.69, 9.17) is 0 Å². The zero-order valence-electron chi connectivity index (χ0n) is 24.4. The van der Waals surface area contributed by atoms with Crippen molar-refractivity contribution in [1.29, 1.82) is 0 Å². The van der Waals surface area contributed by atoms with Crippen molar-refractivity contribution >= 4 is 26.9 Å². The molecule has 2 aromatic heterocycles. The van der Waals surface area contributed by atoms with Crippen LogP contribution in [0.25, 0.3) is 22.2 Å². The van der Waals surface area contributed by atoms with Gasteiger partial charge >= 0.3 is 6.18 Å². The Morgan fingerprint density at radius 2 is 1.52 bits per heavy atom. The summed E-state index contributed by atoms with van der Waals surface area (Å²) in [6.45, 7) is 1.99. The van der Waals surface area contributed by atoms with Crippen LogP contribution < -0.4 is 5.32 Å². The van der Waals surface area contributed by atoms with Gasteiger partial charge in [0, 0.05) is 43.0 Å². The van der Waals surface area contributed by atoms with Crippen LogP contribution in [0.3, 0.4) is 0 Å². The first-order valence-corrected chi connectivity index (χ1v) is 16.1. The highest BCUT2D eigenvalue weighted by Crippen LogP contribution is 2.40. The van der Waals surface area contributed by atoms with Crippen LogP contribution in [0.5, 0.6) is 0 Å². The minimum absolute atomic E-state index is 0.00659. The highest BCUT2D eigenvalue weighted by atomic mass is 32.2. The lowest BCUT2D eigenvalue weighted by Gasteiger charge is -2.35. The third-order valence-electron chi connectivity index (χ3n) is 8.14. The van der Waals surface area contributed by atoms with Gasteiger partial charge in [-0.05, 0) is 34.9 Å². The van der Waals surface area contributed by atoms with Crippen LogP contribution in [-0.4, -0.2) is 33.8 Å². The Kier molecular flexibility index (Phi) is 7.58. The first-order valence-electron chi connectivity index (χ1n) is 14.6. The van der Waals surface area contributed by atoms with Gasteiger partial charge in [-0.1, -0.05) is 91.0 Å². The average molecular weight is 640 g/mol. The summed E-state index contributed by atoms with van der Waals surface area (Å²) in [5.74, 6) is 0.00659. The predicted molar refractivity (Wildman–Crippen MR) is 170 cm³/mol. The van der Waals surface area contributed by atoms with E-state index in [1.165, 1.54) is 18.3 Å². The molecule has 0 radical (unpaired) electrons. The molecule has 0 spiro atoms. The van der Waals surface area contributed by atoms with Crippen LogP contribution in [0, 0.1) is 0 Å². The van der Waals surface area contributed by atoms with Gasteiger partial charge in [0.25, 0.3) is 10.0 Å². The summed E-state index contributed by atoms with van der Waals surface area (Å²) in [6, 6.07) is 31.9. The number of halogens is 3. The molecule has 1 unspecified atom stereocenters. The summed E-state index contributed by atoms with van der Waals surface area (Å²) >= 11 is 0. The van der Waals surface area contributed by atoms with E-state index in [0.717, 1.165) is 33.4 Å². The molecule has 6 aromatic rings. The van der Waals surface area contributed by atoms with Gasteiger partial charge in [-0.25, -0.2) is 22.4 Å². The SMILES string of the molecule is O=S(=O)(c1ccccc1)n1cc(-c2nc(NC3CN(Cc4ccccc4)Cc4ccccc43)ncc2C(F)(F)F)c2ccccc21. The molecule has 0 aliphatic carbocycles. The van der Waals surface area contributed by atoms with Crippen LogP contribution in [0.4, 0.5) is 19.1 Å². The Morgan fingerprint density at radius 1 is 0.848 bits per heavy atom. The Morgan fingerprint density at radius 3 is 2.28 bits per heavy atom.